The summed E-state index contributed by atoms with van der Waals surface area (Å²) in [6, 6.07) is 22.2. The highest BCUT2D eigenvalue weighted by molar-refractivity contribution is 5.98. The molecule has 1 fully saturated rings. The number of nitrogens with one attached hydrogen (secondary N) is 1. The minimum Gasteiger partial charge on any atom is -0.496 e. The number of hydrogen-bond acceptors (Lipinski definition) is 5. The Morgan fingerprint density at radius 1 is 0.941 bits per heavy atom. The summed E-state index contributed by atoms with van der Waals surface area (Å²) in [6.07, 6.45) is 0.796. The Kier molecular flexibility index (Phi) is 7.32. The molecular weight excluding hydrogens is 432 g/mol. The van der Waals surface area contributed by atoms with Gasteiger partial charge in [0.2, 0.25) is 5.91 Å². The van der Waals surface area contributed by atoms with E-state index >= 15 is 0 Å². The maximum Gasteiger partial charge on any atom is 0.410 e. The fourth-order valence-corrected chi connectivity index (χ4v) is 4.11. The fourth-order valence-electron chi connectivity index (χ4n) is 4.11. The normalized spacial score (nSPS) is 15.0. The lowest BCUT2D eigenvalue weighted by Crippen LogP contribution is -2.43. The molecule has 1 unspecified atom stereocenters. The minimum absolute atomic E-state index is 0.163. The molecule has 1 aliphatic rings. The maximum absolute atomic E-state index is 13.2. The lowest BCUT2D eigenvalue weighted by Gasteiger charge is -2.24. The van der Waals surface area contributed by atoms with Gasteiger partial charge < -0.3 is 19.5 Å². The molecule has 1 heterocycles. The van der Waals surface area contributed by atoms with Gasteiger partial charge >= 0.3 is 6.09 Å². The zero-order chi connectivity index (χ0) is 23.9. The lowest BCUT2D eigenvalue weighted by molar-refractivity contribution is -0.120. The fraction of sp³-hybridized carbons (Fsp3) is 0.259. The average Bonchev–Trinajstić information content (AvgIpc) is 3.38. The van der Waals surface area contributed by atoms with E-state index in [1.807, 2.05) is 66.7 Å². The van der Waals surface area contributed by atoms with Crippen LogP contribution in [-0.2, 0) is 16.1 Å². The summed E-state index contributed by atoms with van der Waals surface area (Å²) < 4.78 is 16.6. The molecule has 0 aromatic heterocycles. The molecule has 0 radical (unpaired) electrons. The molecule has 1 atom stereocenters. The number of rotatable bonds is 7. The van der Waals surface area contributed by atoms with E-state index in [1.54, 1.807) is 20.3 Å². The number of amides is 2. The highest BCUT2D eigenvalue weighted by atomic mass is 16.6. The van der Waals surface area contributed by atoms with Gasteiger partial charge in [-0.05, 0) is 30.0 Å². The third-order valence-electron chi connectivity index (χ3n) is 5.86. The summed E-state index contributed by atoms with van der Waals surface area (Å²) in [7, 11) is 3.14. The molecule has 7 nitrogen and oxygen atoms in total. The smallest absolute Gasteiger partial charge is 0.410 e. The highest BCUT2D eigenvalue weighted by Gasteiger charge is 2.35. The van der Waals surface area contributed by atoms with Gasteiger partial charge in [0.15, 0.2) is 0 Å². The molecule has 3 aromatic rings. The second kappa shape index (κ2) is 10.7. The second-order valence-corrected chi connectivity index (χ2v) is 8.00. The van der Waals surface area contributed by atoms with Crippen molar-refractivity contribution in [2.45, 2.75) is 25.5 Å². The van der Waals surface area contributed by atoms with Crippen molar-refractivity contribution in [3.63, 3.8) is 0 Å². The molecule has 0 spiro atoms. The van der Waals surface area contributed by atoms with Gasteiger partial charge in [0, 0.05) is 18.2 Å². The van der Waals surface area contributed by atoms with E-state index in [1.165, 1.54) is 4.90 Å². The van der Waals surface area contributed by atoms with Crippen molar-refractivity contribution in [3.8, 4) is 22.6 Å². The highest BCUT2D eigenvalue weighted by Crippen LogP contribution is 2.39. The van der Waals surface area contributed by atoms with Crippen LogP contribution in [0.5, 0.6) is 11.5 Å². The molecule has 1 saturated heterocycles. The Hall–Kier alpha value is -4.00. The van der Waals surface area contributed by atoms with Crippen LogP contribution in [0, 0.1) is 0 Å². The average molecular weight is 461 g/mol. The van der Waals surface area contributed by atoms with E-state index in [-0.39, 0.29) is 12.5 Å². The van der Waals surface area contributed by atoms with Crippen LogP contribution in [-0.4, -0.2) is 43.7 Å². The van der Waals surface area contributed by atoms with E-state index < -0.39 is 12.1 Å². The van der Waals surface area contributed by atoms with Gasteiger partial charge in [-0.25, -0.2) is 4.79 Å². The monoisotopic (exact) mass is 460 g/mol. The number of hydrogen-bond donors (Lipinski definition) is 1. The molecule has 3 aromatic carbocycles. The summed E-state index contributed by atoms with van der Waals surface area (Å²) in [5.74, 6) is 0.819. The van der Waals surface area contributed by atoms with Crippen molar-refractivity contribution in [2.75, 3.05) is 26.1 Å². The Morgan fingerprint density at radius 3 is 2.29 bits per heavy atom. The number of nitrogens with zero attached hydrogens (tertiary/aromatic N) is 1. The molecule has 4 rings (SSSR count). The number of ether oxygens (including phenoxy) is 3. The molecule has 1 N–H and O–H groups in total. The number of methoxy groups -OCH3 is 2. The molecule has 7 heteroatoms. The number of carbonyl (C=O) groups is 2. The molecule has 0 aliphatic carbocycles. The number of carbonyl (C=O) groups excluding carboxylic acids is 2. The molecular formula is C27H28N2O5. The third kappa shape index (κ3) is 5.14. The van der Waals surface area contributed by atoms with E-state index in [2.05, 4.69) is 5.32 Å². The van der Waals surface area contributed by atoms with Crippen molar-refractivity contribution >= 4 is 17.7 Å². The van der Waals surface area contributed by atoms with Gasteiger partial charge in [0.25, 0.3) is 0 Å². The first-order valence-electron chi connectivity index (χ1n) is 11.2. The van der Waals surface area contributed by atoms with Gasteiger partial charge in [-0.15, -0.1) is 0 Å². The van der Waals surface area contributed by atoms with E-state index in [0.717, 1.165) is 23.1 Å². The zero-order valence-corrected chi connectivity index (χ0v) is 19.3. The van der Waals surface area contributed by atoms with Crippen molar-refractivity contribution in [2.24, 2.45) is 0 Å². The van der Waals surface area contributed by atoms with Crippen LogP contribution in [0.3, 0.4) is 0 Å². The van der Waals surface area contributed by atoms with Crippen molar-refractivity contribution in [3.05, 3.63) is 78.4 Å². The van der Waals surface area contributed by atoms with Gasteiger partial charge in [-0.2, -0.15) is 0 Å². The first kappa shape index (κ1) is 23.2. The molecule has 0 saturated carbocycles. The van der Waals surface area contributed by atoms with Crippen LogP contribution in [0.25, 0.3) is 11.1 Å². The Labute approximate surface area is 199 Å². The number of likely N-dealkylation sites (tertiary alicyclic amines) is 1. The number of benzene rings is 3. The van der Waals surface area contributed by atoms with Crippen LogP contribution < -0.4 is 14.8 Å². The van der Waals surface area contributed by atoms with E-state index in [4.69, 9.17) is 14.2 Å². The number of anilines is 1. The predicted octanol–water partition coefficient (Wildman–Crippen LogP) is 5.11. The summed E-state index contributed by atoms with van der Waals surface area (Å²) in [6.45, 7) is 0.635. The summed E-state index contributed by atoms with van der Waals surface area (Å²) >= 11 is 0. The maximum atomic E-state index is 13.2. The van der Waals surface area contributed by atoms with Gasteiger partial charge in [0.05, 0.1) is 19.9 Å². The molecule has 0 bridgehead atoms. The Morgan fingerprint density at radius 2 is 1.62 bits per heavy atom. The predicted molar refractivity (Wildman–Crippen MR) is 130 cm³/mol. The molecule has 1 aliphatic heterocycles. The molecule has 34 heavy (non-hydrogen) atoms. The standard InChI is InChI=1S/C27H28N2O5/c1-32-24-17-22(25(33-2)16-21(24)20-12-7-4-8-13-20)28-26(30)23-14-9-15-29(23)27(31)34-18-19-10-5-3-6-11-19/h3-8,10-13,16-17,23H,9,14-15,18H2,1-2H3,(H,28,30). The molecule has 176 valence electrons. The minimum atomic E-state index is -0.618. The van der Waals surface area contributed by atoms with E-state index in [0.29, 0.717) is 30.2 Å². The first-order valence-corrected chi connectivity index (χ1v) is 11.2. The van der Waals surface area contributed by atoms with Crippen LogP contribution >= 0.6 is 0 Å². The first-order chi connectivity index (χ1) is 16.6. The SMILES string of the molecule is COc1cc(-c2ccccc2)c(OC)cc1NC(=O)C1CCCN1C(=O)OCc1ccccc1. The van der Waals surface area contributed by atoms with Crippen LogP contribution in [0.4, 0.5) is 10.5 Å². The lowest BCUT2D eigenvalue weighted by atomic mass is 10.0. The van der Waals surface area contributed by atoms with Crippen LogP contribution in [0.1, 0.15) is 18.4 Å². The van der Waals surface area contributed by atoms with Crippen molar-refractivity contribution < 1.29 is 23.8 Å². The van der Waals surface area contributed by atoms with Crippen molar-refractivity contribution in [1.82, 2.24) is 4.90 Å². The second-order valence-electron chi connectivity index (χ2n) is 8.00. The quantitative estimate of drug-likeness (QED) is 0.530. The van der Waals surface area contributed by atoms with Crippen molar-refractivity contribution in [1.29, 1.82) is 0 Å². The van der Waals surface area contributed by atoms with Crippen LogP contribution in [0.2, 0.25) is 0 Å². The Bertz CT molecular complexity index is 1130. The topological polar surface area (TPSA) is 77.1 Å². The molecule has 2 amide bonds. The summed E-state index contributed by atoms with van der Waals surface area (Å²) in [5, 5.41) is 2.92. The largest absolute Gasteiger partial charge is 0.496 e. The van der Waals surface area contributed by atoms with E-state index in [9.17, 15) is 9.59 Å². The summed E-state index contributed by atoms with van der Waals surface area (Å²) in [5.41, 5.74) is 3.20. The van der Waals surface area contributed by atoms with Gasteiger partial charge in [-0.1, -0.05) is 60.7 Å². The van der Waals surface area contributed by atoms with Crippen LogP contribution in [0.15, 0.2) is 72.8 Å². The third-order valence-corrected chi connectivity index (χ3v) is 5.86. The Balaban J connectivity index is 1.49. The summed E-state index contributed by atoms with van der Waals surface area (Å²) in [4.78, 5) is 27.3. The van der Waals surface area contributed by atoms with Gasteiger partial charge in [-0.3, -0.25) is 9.69 Å². The zero-order valence-electron chi connectivity index (χ0n) is 19.3. The van der Waals surface area contributed by atoms with Gasteiger partial charge in [0.1, 0.15) is 24.1 Å².